The maximum absolute atomic E-state index is 14.0. The molecule has 3 rings (SSSR count). The van der Waals surface area contributed by atoms with Crippen LogP contribution in [0.3, 0.4) is 0 Å². The van der Waals surface area contributed by atoms with Gasteiger partial charge in [0.15, 0.2) is 17.5 Å². The van der Waals surface area contributed by atoms with Gasteiger partial charge in [-0.2, -0.15) is 0 Å². The van der Waals surface area contributed by atoms with Crippen molar-refractivity contribution in [2.24, 2.45) is 5.84 Å². The summed E-state index contributed by atoms with van der Waals surface area (Å²) in [5.74, 6) is 2.30. The number of hydrogen-bond donors (Lipinski definition) is 2. The Bertz CT molecular complexity index is 678. The van der Waals surface area contributed by atoms with Crippen molar-refractivity contribution in [3.05, 3.63) is 65.0 Å². The molecule has 0 aromatic heterocycles. The third-order valence-corrected chi connectivity index (χ3v) is 4.93. The molecule has 2 unspecified atom stereocenters. The van der Waals surface area contributed by atoms with Crippen LogP contribution in [-0.4, -0.2) is 5.75 Å². The number of hydrogen-bond acceptors (Lipinski definition) is 3. The van der Waals surface area contributed by atoms with Gasteiger partial charge in [0.2, 0.25) is 0 Å². The monoisotopic (exact) mass is 310 g/mol. The van der Waals surface area contributed by atoms with Gasteiger partial charge in [-0.3, -0.25) is 11.3 Å². The molecule has 6 heteroatoms. The van der Waals surface area contributed by atoms with Crippen molar-refractivity contribution in [3.63, 3.8) is 0 Å². The standard InChI is InChI=1S/C15H13F3N2S/c16-11-6-5-9(13(17)14(11)18)15(20-19)10-7-21-12-4-2-1-3-8(10)12/h1-6,10,15,20H,7,19H2. The molecule has 2 nitrogen and oxygen atoms in total. The zero-order chi connectivity index (χ0) is 15.0. The molecule has 0 radical (unpaired) electrons. The van der Waals surface area contributed by atoms with Gasteiger partial charge in [-0.15, -0.1) is 11.8 Å². The number of hydrazine groups is 1. The second kappa shape index (κ2) is 5.71. The average Bonchev–Trinajstić information content (AvgIpc) is 2.92. The molecule has 1 aliphatic heterocycles. The lowest BCUT2D eigenvalue weighted by molar-refractivity contribution is 0.411. The van der Waals surface area contributed by atoms with Crippen LogP contribution in [-0.2, 0) is 0 Å². The Morgan fingerprint density at radius 2 is 1.86 bits per heavy atom. The normalized spacial score (nSPS) is 18.6. The van der Waals surface area contributed by atoms with Crippen LogP contribution in [0, 0.1) is 17.5 Å². The van der Waals surface area contributed by atoms with E-state index < -0.39 is 23.5 Å². The molecule has 1 aliphatic rings. The average molecular weight is 310 g/mol. The fourth-order valence-electron chi connectivity index (χ4n) is 2.67. The first-order valence-corrected chi connectivity index (χ1v) is 7.43. The second-order valence-corrected chi connectivity index (χ2v) is 5.93. The van der Waals surface area contributed by atoms with Crippen LogP contribution >= 0.6 is 11.8 Å². The highest BCUT2D eigenvalue weighted by Crippen LogP contribution is 2.45. The summed E-state index contributed by atoms with van der Waals surface area (Å²) in [4.78, 5) is 1.10. The molecule has 0 saturated heterocycles. The van der Waals surface area contributed by atoms with E-state index in [-0.39, 0.29) is 11.5 Å². The van der Waals surface area contributed by atoms with Gasteiger partial charge in [0.1, 0.15) is 0 Å². The van der Waals surface area contributed by atoms with Gasteiger partial charge in [0.25, 0.3) is 0 Å². The molecule has 0 amide bonds. The molecular formula is C15H13F3N2S. The maximum atomic E-state index is 14.0. The lowest BCUT2D eigenvalue weighted by Gasteiger charge is -2.24. The quantitative estimate of drug-likeness (QED) is 0.518. The molecule has 0 aliphatic carbocycles. The molecule has 110 valence electrons. The SMILES string of the molecule is NNC(c1ccc(F)c(F)c1F)C1CSc2ccccc21. The molecule has 0 fully saturated rings. The number of nitrogens with one attached hydrogen (secondary N) is 1. The van der Waals surface area contributed by atoms with Crippen molar-refractivity contribution in [2.75, 3.05) is 5.75 Å². The molecule has 2 atom stereocenters. The third-order valence-electron chi connectivity index (χ3n) is 3.72. The van der Waals surface area contributed by atoms with Crippen LogP contribution in [0.1, 0.15) is 23.1 Å². The highest BCUT2D eigenvalue weighted by Gasteiger charge is 2.33. The number of thioether (sulfide) groups is 1. The van der Waals surface area contributed by atoms with Crippen molar-refractivity contribution >= 4 is 11.8 Å². The largest absolute Gasteiger partial charge is 0.271 e. The Hall–Kier alpha value is -1.50. The lowest BCUT2D eigenvalue weighted by atomic mass is 9.88. The number of nitrogens with two attached hydrogens (primary N) is 1. The van der Waals surface area contributed by atoms with Crippen molar-refractivity contribution < 1.29 is 13.2 Å². The predicted octanol–water partition coefficient (Wildman–Crippen LogP) is 3.50. The van der Waals surface area contributed by atoms with Gasteiger partial charge in [-0.25, -0.2) is 13.2 Å². The summed E-state index contributed by atoms with van der Waals surface area (Å²) in [5, 5.41) is 0. The Morgan fingerprint density at radius 3 is 2.62 bits per heavy atom. The van der Waals surface area contributed by atoms with Gasteiger partial charge in [-0.05, 0) is 17.7 Å². The zero-order valence-corrected chi connectivity index (χ0v) is 11.8. The summed E-state index contributed by atoms with van der Waals surface area (Å²) in [7, 11) is 0. The zero-order valence-electron chi connectivity index (χ0n) is 10.9. The van der Waals surface area contributed by atoms with Crippen molar-refractivity contribution in [3.8, 4) is 0 Å². The Morgan fingerprint density at radius 1 is 1.10 bits per heavy atom. The second-order valence-electron chi connectivity index (χ2n) is 4.86. The van der Waals surface area contributed by atoms with Crippen LogP contribution < -0.4 is 11.3 Å². The topological polar surface area (TPSA) is 38.0 Å². The van der Waals surface area contributed by atoms with Gasteiger partial charge in [-0.1, -0.05) is 24.3 Å². The van der Waals surface area contributed by atoms with E-state index in [0.717, 1.165) is 16.5 Å². The van der Waals surface area contributed by atoms with E-state index >= 15 is 0 Å². The number of benzene rings is 2. The van der Waals surface area contributed by atoms with E-state index in [1.807, 2.05) is 24.3 Å². The van der Waals surface area contributed by atoms with Crippen molar-refractivity contribution in [1.29, 1.82) is 0 Å². The van der Waals surface area contributed by atoms with E-state index in [1.165, 1.54) is 6.07 Å². The first kappa shape index (κ1) is 14.4. The molecule has 2 aromatic rings. The smallest absolute Gasteiger partial charge is 0.194 e. The third kappa shape index (κ3) is 2.43. The fourth-order valence-corrected chi connectivity index (χ4v) is 3.96. The van der Waals surface area contributed by atoms with Crippen molar-refractivity contribution in [2.45, 2.75) is 16.9 Å². The highest BCUT2D eigenvalue weighted by atomic mass is 32.2. The van der Waals surface area contributed by atoms with Gasteiger partial charge in [0.05, 0.1) is 6.04 Å². The van der Waals surface area contributed by atoms with Gasteiger partial charge >= 0.3 is 0 Å². The molecule has 0 bridgehead atoms. The van der Waals surface area contributed by atoms with Gasteiger partial charge < -0.3 is 0 Å². The van der Waals surface area contributed by atoms with Crippen LogP contribution in [0.15, 0.2) is 41.3 Å². The van der Waals surface area contributed by atoms with Crippen LogP contribution in [0.5, 0.6) is 0 Å². The number of halogens is 3. The van der Waals surface area contributed by atoms with E-state index in [0.29, 0.717) is 5.75 Å². The molecule has 3 N–H and O–H groups in total. The minimum Gasteiger partial charge on any atom is -0.271 e. The number of rotatable bonds is 3. The summed E-state index contributed by atoms with van der Waals surface area (Å²) in [5.41, 5.74) is 3.62. The minimum atomic E-state index is -1.47. The van der Waals surface area contributed by atoms with Crippen LogP contribution in [0.25, 0.3) is 0 Å². The van der Waals surface area contributed by atoms with Gasteiger partial charge in [0, 0.05) is 22.1 Å². The first-order chi connectivity index (χ1) is 10.1. The molecule has 2 aromatic carbocycles. The summed E-state index contributed by atoms with van der Waals surface area (Å²) in [6.07, 6.45) is 0. The van der Waals surface area contributed by atoms with Crippen LogP contribution in [0.4, 0.5) is 13.2 Å². The predicted molar refractivity (Wildman–Crippen MR) is 76.3 cm³/mol. The lowest BCUT2D eigenvalue weighted by Crippen LogP contribution is -2.33. The summed E-state index contributed by atoms with van der Waals surface area (Å²) in [6.45, 7) is 0. The molecule has 1 heterocycles. The molecule has 21 heavy (non-hydrogen) atoms. The Balaban J connectivity index is 2.03. The molecular weight excluding hydrogens is 297 g/mol. The first-order valence-electron chi connectivity index (χ1n) is 6.44. The highest BCUT2D eigenvalue weighted by molar-refractivity contribution is 7.99. The minimum absolute atomic E-state index is 0.0405. The Kier molecular flexibility index (Phi) is 3.93. The van der Waals surface area contributed by atoms with E-state index in [1.54, 1.807) is 11.8 Å². The molecule has 0 spiro atoms. The van der Waals surface area contributed by atoms with Crippen LogP contribution in [0.2, 0.25) is 0 Å². The fraction of sp³-hybridized carbons (Fsp3) is 0.200. The van der Waals surface area contributed by atoms with E-state index in [2.05, 4.69) is 5.43 Å². The summed E-state index contributed by atoms with van der Waals surface area (Å²) in [6, 6.07) is 9.30. The van der Waals surface area contributed by atoms with E-state index in [4.69, 9.17) is 5.84 Å². The number of fused-ring (bicyclic) bond motifs is 1. The summed E-state index contributed by atoms with van der Waals surface area (Å²) >= 11 is 1.64. The van der Waals surface area contributed by atoms with Crippen molar-refractivity contribution in [1.82, 2.24) is 5.43 Å². The molecule has 0 saturated carbocycles. The van der Waals surface area contributed by atoms with E-state index in [9.17, 15) is 13.2 Å². The summed E-state index contributed by atoms with van der Waals surface area (Å²) < 4.78 is 40.5. The maximum Gasteiger partial charge on any atom is 0.194 e. The Labute approximate surface area is 124 Å².